The number of amides is 1. The molecule has 2 aliphatic rings. The minimum Gasteiger partial charge on any atom is -0.335 e. The Labute approximate surface area is 124 Å². The zero-order valence-corrected chi connectivity index (χ0v) is 12.9. The fourth-order valence-corrected chi connectivity index (χ4v) is 4.32. The molecule has 3 heterocycles. The van der Waals surface area contributed by atoms with E-state index < -0.39 is 0 Å². The second-order valence-corrected chi connectivity index (χ2v) is 6.77. The molecule has 20 heavy (non-hydrogen) atoms. The number of hydrogen-bond acceptors (Lipinski definition) is 4. The molecule has 2 fully saturated rings. The number of thiazole rings is 1. The molecule has 0 spiro atoms. The molecule has 0 aromatic carbocycles. The molecule has 0 saturated carbocycles. The Bertz CT molecular complexity index is 467. The van der Waals surface area contributed by atoms with Gasteiger partial charge in [-0.2, -0.15) is 0 Å². The molecule has 1 aromatic heterocycles. The zero-order valence-electron chi connectivity index (χ0n) is 12.1. The van der Waals surface area contributed by atoms with Crippen LogP contribution in [0.25, 0.3) is 0 Å². The summed E-state index contributed by atoms with van der Waals surface area (Å²) in [7, 11) is 0. The summed E-state index contributed by atoms with van der Waals surface area (Å²) < 4.78 is 0. The van der Waals surface area contributed by atoms with Gasteiger partial charge in [0, 0.05) is 12.6 Å². The highest BCUT2D eigenvalue weighted by Gasteiger charge is 2.34. The first-order valence-electron chi connectivity index (χ1n) is 7.69. The molecular formula is C15H23N3OS. The lowest BCUT2D eigenvalue weighted by Gasteiger charge is -2.42. The summed E-state index contributed by atoms with van der Waals surface area (Å²) in [5, 5.41) is 3.42. The number of piperidine rings is 2. The predicted octanol–water partition coefficient (Wildman–Crippen LogP) is 2.45. The van der Waals surface area contributed by atoms with Gasteiger partial charge < -0.3 is 10.2 Å². The van der Waals surface area contributed by atoms with E-state index in [0.717, 1.165) is 36.6 Å². The Morgan fingerprint density at radius 1 is 1.35 bits per heavy atom. The molecular weight excluding hydrogens is 270 g/mol. The second-order valence-electron chi connectivity index (χ2n) is 5.92. The lowest BCUT2D eigenvalue weighted by molar-refractivity contribution is 0.0480. The van der Waals surface area contributed by atoms with Gasteiger partial charge in [0.25, 0.3) is 5.91 Å². The van der Waals surface area contributed by atoms with E-state index in [2.05, 4.69) is 15.2 Å². The van der Waals surface area contributed by atoms with E-state index in [4.69, 9.17) is 0 Å². The normalized spacial score (nSPS) is 24.9. The van der Waals surface area contributed by atoms with Gasteiger partial charge in [-0.25, -0.2) is 4.98 Å². The summed E-state index contributed by atoms with van der Waals surface area (Å²) in [5.74, 6) is 0.891. The van der Waals surface area contributed by atoms with E-state index in [1.807, 2.05) is 6.92 Å². The highest BCUT2D eigenvalue weighted by atomic mass is 32.1. The first-order chi connectivity index (χ1) is 9.77. The van der Waals surface area contributed by atoms with Crippen molar-refractivity contribution in [3.63, 3.8) is 0 Å². The van der Waals surface area contributed by atoms with E-state index in [1.54, 1.807) is 5.51 Å². The van der Waals surface area contributed by atoms with Crippen molar-refractivity contribution >= 4 is 17.2 Å². The molecule has 0 radical (unpaired) electrons. The molecule has 3 rings (SSSR count). The summed E-state index contributed by atoms with van der Waals surface area (Å²) in [6.45, 7) is 5.06. The van der Waals surface area contributed by atoms with Crippen LogP contribution in [-0.2, 0) is 0 Å². The Kier molecular flexibility index (Phi) is 4.36. The van der Waals surface area contributed by atoms with Crippen molar-refractivity contribution in [1.82, 2.24) is 15.2 Å². The predicted molar refractivity (Wildman–Crippen MR) is 81.1 cm³/mol. The Balaban J connectivity index is 1.78. The molecule has 1 unspecified atom stereocenters. The number of carbonyl (C=O) groups excluding carboxylic acids is 1. The van der Waals surface area contributed by atoms with E-state index in [0.29, 0.717) is 12.0 Å². The number of nitrogens with one attached hydrogen (secondary N) is 1. The number of rotatable bonds is 2. The number of nitrogens with zero attached hydrogens (tertiary/aromatic N) is 2. The summed E-state index contributed by atoms with van der Waals surface area (Å²) in [4.78, 5) is 20.0. The van der Waals surface area contributed by atoms with Crippen LogP contribution in [0.4, 0.5) is 0 Å². The largest absolute Gasteiger partial charge is 0.335 e. The van der Waals surface area contributed by atoms with Crippen LogP contribution in [0.1, 0.15) is 47.5 Å². The van der Waals surface area contributed by atoms with Crippen molar-refractivity contribution in [2.24, 2.45) is 5.92 Å². The Morgan fingerprint density at radius 3 is 2.85 bits per heavy atom. The summed E-state index contributed by atoms with van der Waals surface area (Å²) in [5.41, 5.74) is 2.67. The standard InChI is InChI=1S/C15H23N3OS/c1-11-14(20-10-17-11)15(19)18-9-3-2-4-13(18)12-5-7-16-8-6-12/h10,12-13,16H,2-9H2,1H3. The molecule has 1 atom stereocenters. The number of aryl methyl sites for hydroxylation is 1. The van der Waals surface area contributed by atoms with Gasteiger partial charge in [0.15, 0.2) is 0 Å². The van der Waals surface area contributed by atoms with Crippen molar-refractivity contribution in [1.29, 1.82) is 0 Å². The molecule has 1 N–H and O–H groups in total. The molecule has 5 heteroatoms. The summed E-state index contributed by atoms with van der Waals surface area (Å²) >= 11 is 1.49. The van der Waals surface area contributed by atoms with Gasteiger partial charge in [0.2, 0.25) is 0 Å². The quantitative estimate of drug-likeness (QED) is 0.911. The molecule has 1 amide bonds. The summed E-state index contributed by atoms with van der Waals surface area (Å²) in [6, 6.07) is 0.444. The van der Waals surface area contributed by atoms with Gasteiger partial charge in [-0.3, -0.25) is 4.79 Å². The molecule has 2 saturated heterocycles. The van der Waals surface area contributed by atoms with Crippen LogP contribution >= 0.6 is 11.3 Å². The van der Waals surface area contributed by atoms with Crippen molar-refractivity contribution in [2.75, 3.05) is 19.6 Å². The molecule has 110 valence electrons. The third kappa shape index (κ3) is 2.74. The summed E-state index contributed by atoms with van der Waals surface area (Å²) in [6.07, 6.45) is 5.99. The molecule has 0 aliphatic carbocycles. The van der Waals surface area contributed by atoms with Crippen LogP contribution < -0.4 is 5.32 Å². The van der Waals surface area contributed by atoms with Gasteiger partial charge in [-0.05, 0) is 58.0 Å². The van der Waals surface area contributed by atoms with Gasteiger partial charge in [0.05, 0.1) is 11.2 Å². The average Bonchev–Trinajstić information content (AvgIpc) is 2.93. The molecule has 2 aliphatic heterocycles. The van der Waals surface area contributed by atoms with E-state index >= 15 is 0 Å². The van der Waals surface area contributed by atoms with Crippen LogP contribution in [0.15, 0.2) is 5.51 Å². The topological polar surface area (TPSA) is 45.2 Å². The minimum atomic E-state index is 0.216. The van der Waals surface area contributed by atoms with Crippen molar-refractivity contribution in [3.05, 3.63) is 16.1 Å². The zero-order chi connectivity index (χ0) is 13.9. The monoisotopic (exact) mass is 293 g/mol. The van der Waals surface area contributed by atoms with E-state index in [-0.39, 0.29) is 5.91 Å². The first-order valence-corrected chi connectivity index (χ1v) is 8.57. The minimum absolute atomic E-state index is 0.216. The van der Waals surface area contributed by atoms with Crippen LogP contribution in [0.2, 0.25) is 0 Å². The van der Waals surface area contributed by atoms with Gasteiger partial charge in [-0.1, -0.05) is 0 Å². The SMILES string of the molecule is Cc1ncsc1C(=O)N1CCCCC1C1CCNCC1. The Morgan fingerprint density at radius 2 is 2.15 bits per heavy atom. The van der Waals surface area contributed by atoms with Crippen LogP contribution in [0, 0.1) is 12.8 Å². The molecule has 4 nitrogen and oxygen atoms in total. The van der Waals surface area contributed by atoms with Crippen LogP contribution in [-0.4, -0.2) is 41.5 Å². The van der Waals surface area contributed by atoms with Gasteiger partial charge >= 0.3 is 0 Å². The Hall–Kier alpha value is -0.940. The maximum absolute atomic E-state index is 12.8. The maximum Gasteiger partial charge on any atom is 0.266 e. The highest BCUT2D eigenvalue weighted by molar-refractivity contribution is 7.11. The third-order valence-electron chi connectivity index (χ3n) is 4.68. The number of likely N-dealkylation sites (tertiary alicyclic amines) is 1. The number of hydrogen-bond donors (Lipinski definition) is 1. The van der Waals surface area contributed by atoms with E-state index in [1.165, 1.54) is 37.0 Å². The lowest BCUT2D eigenvalue weighted by atomic mass is 9.84. The number of aromatic nitrogens is 1. The molecule has 0 bridgehead atoms. The second kappa shape index (κ2) is 6.22. The van der Waals surface area contributed by atoms with Gasteiger partial charge in [-0.15, -0.1) is 11.3 Å². The fraction of sp³-hybridized carbons (Fsp3) is 0.733. The van der Waals surface area contributed by atoms with Crippen LogP contribution in [0.5, 0.6) is 0 Å². The lowest BCUT2D eigenvalue weighted by Crippen LogP contribution is -2.49. The van der Waals surface area contributed by atoms with Crippen molar-refractivity contribution in [3.8, 4) is 0 Å². The average molecular weight is 293 g/mol. The van der Waals surface area contributed by atoms with Gasteiger partial charge in [0.1, 0.15) is 4.88 Å². The number of carbonyl (C=O) groups is 1. The maximum atomic E-state index is 12.8. The third-order valence-corrected chi connectivity index (χ3v) is 5.59. The highest BCUT2D eigenvalue weighted by Crippen LogP contribution is 2.30. The van der Waals surface area contributed by atoms with Crippen LogP contribution in [0.3, 0.4) is 0 Å². The van der Waals surface area contributed by atoms with Crippen molar-refractivity contribution in [2.45, 2.75) is 45.1 Å². The van der Waals surface area contributed by atoms with Crippen molar-refractivity contribution < 1.29 is 4.79 Å². The van der Waals surface area contributed by atoms with E-state index in [9.17, 15) is 4.79 Å². The molecule has 1 aromatic rings. The fourth-order valence-electron chi connectivity index (χ4n) is 3.57. The first kappa shape index (κ1) is 14.0. The smallest absolute Gasteiger partial charge is 0.266 e.